The van der Waals surface area contributed by atoms with E-state index in [1.54, 1.807) is 38.1 Å². The molecule has 246 valence electrons. The minimum absolute atomic E-state index is 0.0376. The lowest BCUT2D eigenvalue weighted by molar-refractivity contribution is -0.384. The normalized spacial score (nSPS) is 12.8. The molecule has 0 spiro atoms. The first-order valence-electron chi connectivity index (χ1n) is 14.5. The Balaban J connectivity index is 1.64. The van der Waals surface area contributed by atoms with Crippen LogP contribution >= 0.6 is 11.3 Å². The molecule has 0 aliphatic carbocycles. The number of hydrogen-bond acceptors (Lipinski definition) is 10. The lowest BCUT2D eigenvalue weighted by Crippen LogP contribution is -2.38. The molecule has 1 aliphatic rings. The summed E-state index contributed by atoms with van der Waals surface area (Å²) in [5.41, 5.74) is 0.494. The highest BCUT2D eigenvalue weighted by atomic mass is 32.1. The van der Waals surface area contributed by atoms with Gasteiger partial charge in [0, 0.05) is 29.1 Å². The van der Waals surface area contributed by atoms with Gasteiger partial charge < -0.3 is 24.4 Å². The third kappa shape index (κ3) is 7.70. The molecule has 2 aromatic carbocycles. The second kappa shape index (κ2) is 14.6. The van der Waals surface area contributed by atoms with Crippen LogP contribution in [0.15, 0.2) is 60.8 Å². The summed E-state index contributed by atoms with van der Waals surface area (Å²) in [6.07, 6.45) is 0.444. The third-order valence-electron chi connectivity index (χ3n) is 7.03. The average molecular weight is 668 g/mol. The van der Waals surface area contributed by atoms with Crippen LogP contribution in [0, 0.1) is 21.7 Å². The highest BCUT2D eigenvalue weighted by Gasteiger charge is 2.33. The Labute approximate surface area is 272 Å². The zero-order valence-corrected chi connectivity index (χ0v) is 26.5. The quantitative estimate of drug-likeness (QED) is 0.137. The molecule has 0 saturated carbocycles. The molecule has 47 heavy (non-hydrogen) atoms. The van der Waals surface area contributed by atoms with Crippen LogP contribution in [0.2, 0.25) is 0 Å². The molecule has 15 heteroatoms. The molecule has 4 aromatic rings. The summed E-state index contributed by atoms with van der Waals surface area (Å²) in [7, 11) is 3.56. The molecule has 3 heterocycles. The van der Waals surface area contributed by atoms with Crippen LogP contribution in [0.1, 0.15) is 28.4 Å². The van der Waals surface area contributed by atoms with Gasteiger partial charge in [0.2, 0.25) is 0 Å². The van der Waals surface area contributed by atoms with E-state index in [4.69, 9.17) is 14.2 Å². The molecule has 0 radical (unpaired) electrons. The van der Waals surface area contributed by atoms with Crippen LogP contribution in [-0.2, 0) is 22.6 Å². The van der Waals surface area contributed by atoms with Gasteiger partial charge in [-0.1, -0.05) is 6.07 Å². The van der Waals surface area contributed by atoms with Gasteiger partial charge in [-0.05, 0) is 68.5 Å². The molecule has 0 unspecified atom stereocenters. The molecule has 1 saturated heterocycles. The van der Waals surface area contributed by atoms with Crippen molar-refractivity contribution in [2.24, 2.45) is 0 Å². The fourth-order valence-electron chi connectivity index (χ4n) is 4.75. The summed E-state index contributed by atoms with van der Waals surface area (Å²) in [6.45, 7) is 2.08. The van der Waals surface area contributed by atoms with E-state index in [1.807, 2.05) is 0 Å². The number of rotatable bonds is 12. The van der Waals surface area contributed by atoms with E-state index in [0.717, 1.165) is 28.4 Å². The molecular formula is C32H31F2N5O7S. The van der Waals surface area contributed by atoms with Gasteiger partial charge in [0.1, 0.15) is 34.3 Å². The van der Waals surface area contributed by atoms with Crippen molar-refractivity contribution in [3.63, 3.8) is 0 Å². The van der Waals surface area contributed by atoms with Crippen LogP contribution in [0.3, 0.4) is 0 Å². The van der Waals surface area contributed by atoms with Crippen molar-refractivity contribution in [3.8, 4) is 16.2 Å². The second-order valence-corrected chi connectivity index (χ2v) is 11.7. The fraction of sp³-hybridized carbons (Fsp3) is 0.281. The number of pyridine rings is 1. The van der Waals surface area contributed by atoms with Gasteiger partial charge in [-0.15, -0.1) is 11.3 Å². The van der Waals surface area contributed by atoms with Crippen LogP contribution in [0.4, 0.5) is 30.1 Å². The van der Waals surface area contributed by atoms with E-state index < -0.39 is 40.7 Å². The molecule has 5 rings (SSSR count). The van der Waals surface area contributed by atoms with Crippen molar-refractivity contribution in [1.82, 2.24) is 9.88 Å². The highest BCUT2D eigenvalue weighted by Crippen LogP contribution is 2.44. The van der Waals surface area contributed by atoms with E-state index in [-0.39, 0.29) is 41.3 Å². The molecule has 1 N–H and O–H groups in total. The topological polar surface area (TPSA) is 136 Å². The minimum atomic E-state index is -0.934. The van der Waals surface area contributed by atoms with Gasteiger partial charge in [-0.2, -0.15) is 0 Å². The zero-order valence-electron chi connectivity index (χ0n) is 25.7. The Morgan fingerprint density at radius 2 is 1.77 bits per heavy atom. The lowest BCUT2D eigenvalue weighted by atomic mass is 10.0. The van der Waals surface area contributed by atoms with E-state index in [1.165, 1.54) is 36.5 Å². The smallest absolute Gasteiger partial charge is 0.415 e. The standard InChI is InChI=1S/C32H31F2N5O7S/c1-4-45-32(41)38(16-23-25(33)6-5-7-26(23)34)31-28(30(40)36-27-13-12-21(14-35-27)46-22-17-44-18-22)24(15-37(2)3)29(47-31)19-8-10-20(11-9-19)39(42)43/h5-14,22H,4,15-18H2,1-3H3,(H,35,36,40). The van der Waals surface area contributed by atoms with Gasteiger partial charge >= 0.3 is 6.09 Å². The molecule has 2 aromatic heterocycles. The van der Waals surface area contributed by atoms with Crippen molar-refractivity contribution in [2.45, 2.75) is 26.1 Å². The van der Waals surface area contributed by atoms with Crippen LogP contribution < -0.4 is 15.0 Å². The van der Waals surface area contributed by atoms with Gasteiger partial charge in [-0.25, -0.2) is 18.6 Å². The molecule has 2 amide bonds. The third-order valence-corrected chi connectivity index (χ3v) is 8.33. The predicted octanol–water partition coefficient (Wildman–Crippen LogP) is 6.25. The van der Waals surface area contributed by atoms with Crippen molar-refractivity contribution in [3.05, 3.63) is 99.2 Å². The number of carbonyl (C=O) groups excluding carboxylic acids is 2. The van der Waals surface area contributed by atoms with Crippen molar-refractivity contribution < 1.29 is 37.5 Å². The number of aromatic nitrogens is 1. The molecule has 12 nitrogen and oxygen atoms in total. The van der Waals surface area contributed by atoms with Gasteiger partial charge in [-0.3, -0.25) is 19.8 Å². The van der Waals surface area contributed by atoms with E-state index in [0.29, 0.717) is 35.0 Å². The summed E-state index contributed by atoms with van der Waals surface area (Å²) in [5.74, 6) is -1.75. The maximum absolute atomic E-state index is 14.9. The summed E-state index contributed by atoms with van der Waals surface area (Å²) >= 11 is 1.02. The Kier molecular flexibility index (Phi) is 10.4. The number of nitrogens with zero attached hydrogens (tertiary/aromatic N) is 4. The zero-order chi connectivity index (χ0) is 33.7. The van der Waals surface area contributed by atoms with E-state index in [2.05, 4.69) is 10.3 Å². The maximum atomic E-state index is 14.9. The van der Waals surface area contributed by atoms with Crippen LogP contribution in [0.25, 0.3) is 10.4 Å². The number of thiophene rings is 1. The average Bonchev–Trinajstić information content (AvgIpc) is 3.37. The Hall–Kier alpha value is -4.99. The largest absolute Gasteiger partial charge is 0.484 e. The first-order chi connectivity index (χ1) is 22.5. The van der Waals surface area contributed by atoms with Crippen molar-refractivity contribution in [2.75, 3.05) is 44.1 Å². The summed E-state index contributed by atoms with van der Waals surface area (Å²) in [4.78, 5) is 46.1. The number of carbonyl (C=O) groups is 2. The number of ether oxygens (including phenoxy) is 3. The molecule has 1 aliphatic heterocycles. The fourth-order valence-corrected chi connectivity index (χ4v) is 6.05. The van der Waals surface area contributed by atoms with E-state index >= 15 is 0 Å². The molecule has 0 bridgehead atoms. The van der Waals surface area contributed by atoms with Gasteiger partial charge in [0.25, 0.3) is 11.6 Å². The first-order valence-corrected chi connectivity index (χ1v) is 15.3. The van der Waals surface area contributed by atoms with Crippen molar-refractivity contribution in [1.29, 1.82) is 0 Å². The highest BCUT2D eigenvalue weighted by molar-refractivity contribution is 7.20. The number of benzene rings is 2. The first kappa shape index (κ1) is 33.4. The predicted molar refractivity (Wildman–Crippen MR) is 171 cm³/mol. The lowest BCUT2D eigenvalue weighted by Gasteiger charge is -2.26. The molecule has 0 atom stereocenters. The number of halogens is 2. The Bertz CT molecular complexity index is 1740. The SMILES string of the molecule is CCOC(=O)N(Cc1c(F)cccc1F)c1sc(-c2ccc([N+](=O)[O-])cc2)c(CN(C)C)c1C(=O)Nc1ccc(OC2COC2)cn1. The molecule has 1 fully saturated rings. The Morgan fingerprint density at radius 3 is 2.32 bits per heavy atom. The van der Waals surface area contributed by atoms with Gasteiger partial charge in [0.05, 0.1) is 43.0 Å². The number of nitrogens with one attached hydrogen (secondary N) is 1. The maximum Gasteiger partial charge on any atom is 0.415 e. The number of non-ortho nitro benzene ring substituents is 1. The van der Waals surface area contributed by atoms with Crippen LogP contribution in [-0.4, -0.2) is 66.8 Å². The monoisotopic (exact) mass is 667 g/mol. The number of amides is 2. The summed E-state index contributed by atoms with van der Waals surface area (Å²) in [6, 6.07) is 12.3. The summed E-state index contributed by atoms with van der Waals surface area (Å²) < 4.78 is 46.0. The van der Waals surface area contributed by atoms with Crippen LogP contribution in [0.5, 0.6) is 5.75 Å². The number of hydrogen-bond donors (Lipinski definition) is 1. The van der Waals surface area contributed by atoms with Gasteiger partial charge in [0.15, 0.2) is 0 Å². The second-order valence-electron chi connectivity index (χ2n) is 10.7. The summed E-state index contributed by atoms with van der Waals surface area (Å²) in [5, 5.41) is 14.2. The number of nitro groups is 1. The molecular weight excluding hydrogens is 636 g/mol. The Morgan fingerprint density at radius 1 is 1.06 bits per heavy atom. The van der Waals surface area contributed by atoms with Crippen molar-refractivity contribution >= 4 is 39.8 Å². The number of anilines is 2. The minimum Gasteiger partial charge on any atom is -0.484 e. The number of nitro benzene ring substituents is 1. The van der Waals surface area contributed by atoms with E-state index in [9.17, 15) is 28.5 Å².